The fraction of sp³-hybridized carbons (Fsp3) is 0.316. The standard InChI is InChI=1S/C19H22ClN5O/c20-16-4-5-19(22-11-16)23-12-17(24-21)13-25-8-6-14(7-9-25)15-2-1-3-18(26)10-15/h1-5,10-12,14,21,26H,6-9,13H2,(H,22,23)/b17-12-,24-21?. The van der Waals surface area contributed by atoms with Gasteiger partial charge in [0.05, 0.1) is 10.7 Å². The molecule has 2 aromatic rings. The molecule has 0 bridgehead atoms. The van der Waals surface area contributed by atoms with E-state index < -0.39 is 0 Å². The second-order valence-electron chi connectivity index (χ2n) is 6.40. The summed E-state index contributed by atoms with van der Waals surface area (Å²) in [6.07, 6.45) is 5.34. The first-order chi connectivity index (χ1) is 12.6. The van der Waals surface area contributed by atoms with E-state index in [-0.39, 0.29) is 0 Å². The van der Waals surface area contributed by atoms with Crippen molar-refractivity contribution in [3.63, 3.8) is 0 Å². The molecule has 6 nitrogen and oxygen atoms in total. The van der Waals surface area contributed by atoms with Gasteiger partial charge in [-0.05, 0) is 61.7 Å². The molecule has 1 aliphatic rings. The van der Waals surface area contributed by atoms with Crippen molar-refractivity contribution in [2.75, 3.05) is 25.0 Å². The van der Waals surface area contributed by atoms with Crippen LogP contribution < -0.4 is 5.32 Å². The van der Waals surface area contributed by atoms with Gasteiger partial charge in [-0.25, -0.2) is 10.5 Å². The van der Waals surface area contributed by atoms with Gasteiger partial charge in [-0.1, -0.05) is 23.7 Å². The number of phenolic OH excluding ortho intramolecular Hbond substituents is 1. The summed E-state index contributed by atoms with van der Waals surface area (Å²) in [7, 11) is 0. The number of nitrogens with one attached hydrogen (secondary N) is 2. The number of halogens is 1. The van der Waals surface area contributed by atoms with Crippen molar-refractivity contribution in [3.8, 4) is 5.75 Å². The van der Waals surface area contributed by atoms with Crippen molar-refractivity contribution in [1.82, 2.24) is 9.88 Å². The monoisotopic (exact) mass is 371 g/mol. The highest BCUT2D eigenvalue weighted by Crippen LogP contribution is 2.30. The van der Waals surface area contributed by atoms with Gasteiger partial charge in [0.1, 0.15) is 11.6 Å². The Morgan fingerprint density at radius 2 is 2.15 bits per heavy atom. The number of pyridine rings is 1. The summed E-state index contributed by atoms with van der Waals surface area (Å²) in [4.78, 5) is 6.45. The molecule has 1 fully saturated rings. The number of phenols is 1. The van der Waals surface area contributed by atoms with Crippen LogP contribution in [-0.2, 0) is 0 Å². The van der Waals surface area contributed by atoms with Gasteiger partial charge in [0, 0.05) is 18.9 Å². The molecule has 0 saturated carbocycles. The van der Waals surface area contributed by atoms with Crippen LogP contribution in [-0.4, -0.2) is 34.6 Å². The number of hydrogen-bond donors (Lipinski definition) is 3. The smallest absolute Gasteiger partial charge is 0.129 e. The highest BCUT2D eigenvalue weighted by atomic mass is 35.5. The van der Waals surface area contributed by atoms with Crippen LogP contribution in [0.4, 0.5) is 5.82 Å². The Bertz CT molecular complexity index is 770. The Balaban J connectivity index is 1.53. The zero-order valence-corrected chi connectivity index (χ0v) is 15.2. The van der Waals surface area contributed by atoms with Crippen molar-refractivity contribution in [2.45, 2.75) is 18.8 Å². The van der Waals surface area contributed by atoms with Gasteiger partial charge in [-0.15, -0.1) is 0 Å². The van der Waals surface area contributed by atoms with Crippen LogP contribution in [0.3, 0.4) is 0 Å². The third kappa shape index (κ3) is 5.03. The second kappa shape index (κ2) is 8.78. The summed E-state index contributed by atoms with van der Waals surface area (Å²) in [6.45, 7) is 2.50. The molecular formula is C19H22ClN5O. The molecule has 2 heterocycles. The Kier molecular flexibility index (Phi) is 6.20. The number of anilines is 1. The molecule has 1 saturated heterocycles. The quantitative estimate of drug-likeness (QED) is 0.647. The van der Waals surface area contributed by atoms with E-state index in [1.807, 2.05) is 12.1 Å². The Morgan fingerprint density at radius 3 is 2.81 bits per heavy atom. The molecule has 1 aliphatic heterocycles. The lowest BCUT2D eigenvalue weighted by Crippen LogP contribution is -2.34. The van der Waals surface area contributed by atoms with Gasteiger partial charge >= 0.3 is 0 Å². The van der Waals surface area contributed by atoms with Gasteiger partial charge in [-0.2, -0.15) is 5.11 Å². The Hall–Kier alpha value is -2.44. The molecule has 0 unspecified atom stereocenters. The zero-order valence-electron chi connectivity index (χ0n) is 14.4. The molecule has 0 radical (unpaired) electrons. The number of benzene rings is 1. The summed E-state index contributed by atoms with van der Waals surface area (Å²) in [6, 6.07) is 11.1. The summed E-state index contributed by atoms with van der Waals surface area (Å²) in [5, 5.41) is 16.9. The van der Waals surface area contributed by atoms with Gasteiger partial charge in [0.2, 0.25) is 0 Å². The Labute approximate surface area is 158 Å². The second-order valence-corrected chi connectivity index (χ2v) is 6.84. The molecule has 3 N–H and O–H groups in total. The molecular weight excluding hydrogens is 350 g/mol. The van der Waals surface area contributed by atoms with Crippen molar-refractivity contribution in [2.24, 2.45) is 5.11 Å². The molecule has 0 spiro atoms. The summed E-state index contributed by atoms with van der Waals surface area (Å²) in [5.74, 6) is 1.46. The highest BCUT2D eigenvalue weighted by molar-refractivity contribution is 6.30. The van der Waals surface area contributed by atoms with Crippen LogP contribution >= 0.6 is 11.6 Å². The van der Waals surface area contributed by atoms with Crippen molar-refractivity contribution >= 4 is 17.4 Å². The average molecular weight is 372 g/mol. The molecule has 1 aromatic heterocycles. The first-order valence-corrected chi connectivity index (χ1v) is 8.98. The topological polar surface area (TPSA) is 84.6 Å². The molecule has 0 aliphatic carbocycles. The molecule has 26 heavy (non-hydrogen) atoms. The van der Waals surface area contributed by atoms with Crippen LogP contribution in [0, 0.1) is 5.53 Å². The first-order valence-electron chi connectivity index (χ1n) is 8.60. The van der Waals surface area contributed by atoms with Crippen LogP contribution in [0.25, 0.3) is 0 Å². The summed E-state index contributed by atoms with van der Waals surface area (Å²) >= 11 is 5.82. The summed E-state index contributed by atoms with van der Waals surface area (Å²) < 4.78 is 0. The van der Waals surface area contributed by atoms with E-state index in [9.17, 15) is 5.11 Å². The van der Waals surface area contributed by atoms with E-state index in [4.69, 9.17) is 17.1 Å². The molecule has 1 aromatic carbocycles. The molecule has 136 valence electrons. The van der Waals surface area contributed by atoms with Crippen molar-refractivity contribution < 1.29 is 5.11 Å². The largest absolute Gasteiger partial charge is 0.508 e. The number of likely N-dealkylation sites (tertiary alicyclic amines) is 1. The SMILES string of the molecule is N=N/C(=C\Nc1ccc(Cl)cn1)CN1CCC(c2cccc(O)c2)CC1. The number of piperidine rings is 1. The predicted molar refractivity (Wildman–Crippen MR) is 103 cm³/mol. The molecule has 3 rings (SSSR count). The number of aromatic nitrogens is 1. The molecule has 0 atom stereocenters. The lowest BCUT2D eigenvalue weighted by atomic mass is 9.89. The lowest BCUT2D eigenvalue weighted by Gasteiger charge is -2.32. The van der Waals surface area contributed by atoms with E-state index in [0.717, 1.165) is 25.9 Å². The number of nitrogens with zero attached hydrogens (tertiary/aromatic N) is 3. The van der Waals surface area contributed by atoms with E-state index in [1.54, 1.807) is 30.6 Å². The van der Waals surface area contributed by atoms with Gasteiger partial charge < -0.3 is 10.4 Å². The summed E-state index contributed by atoms with van der Waals surface area (Å²) in [5.41, 5.74) is 9.24. The van der Waals surface area contributed by atoms with E-state index >= 15 is 0 Å². The number of aromatic hydroxyl groups is 1. The van der Waals surface area contributed by atoms with E-state index in [0.29, 0.717) is 34.7 Å². The van der Waals surface area contributed by atoms with Crippen molar-refractivity contribution in [3.05, 3.63) is 65.1 Å². The maximum atomic E-state index is 9.64. The highest BCUT2D eigenvalue weighted by Gasteiger charge is 2.21. The maximum Gasteiger partial charge on any atom is 0.129 e. The fourth-order valence-corrected chi connectivity index (χ4v) is 3.28. The minimum absolute atomic E-state index is 0.324. The molecule has 0 amide bonds. The van der Waals surface area contributed by atoms with E-state index in [1.165, 1.54) is 5.56 Å². The van der Waals surface area contributed by atoms with Gasteiger partial charge in [-0.3, -0.25) is 4.90 Å². The third-order valence-corrected chi connectivity index (χ3v) is 4.80. The number of hydrogen-bond acceptors (Lipinski definition) is 6. The lowest BCUT2D eigenvalue weighted by molar-refractivity contribution is 0.227. The van der Waals surface area contributed by atoms with Crippen LogP contribution in [0.5, 0.6) is 5.75 Å². The minimum atomic E-state index is 0.324. The zero-order chi connectivity index (χ0) is 18.4. The van der Waals surface area contributed by atoms with Crippen LogP contribution in [0.2, 0.25) is 5.02 Å². The van der Waals surface area contributed by atoms with Gasteiger partial charge in [0.15, 0.2) is 0 Å². The Morgan fingerprint density at radius 1 is 1.35 bits per heavy atom. The normalized spacial score (nSPS) is 16.4. The van der Waals surface area contributed by atoms with Crippen LogP contribution in [0.1, 0.15) is 24.3 Å². The van der Waals surface area contributed by atoms with Crippen molar-refractivity contribution in [1.29, 1.82) is 5.53 Å². The minimum Gasteiger partial charge on any atom is -0.508 e. The average Bonchev–Trinajstić information content (AvgIpc) is 2.67. The molecule has 7 heteroatoms. The predicted octanol–water partition coefficient (Wildman–Crippen LogP) is 4.60. The third-order valence-electron chi connectivity index (χ3n) is 4.57. The first kappa shape index (κ1) is 18.4. The fourth-order valence-electron chi connectivity index (χ4n) is 3.16. The van der Waals surface area contributed by atoms with E-state index in [2.05, 4.69) is 26.4 Å². The number of rotatable bonds is 6. The maximum absolute atomic E-state index is 9.64. The van der Waals surface area contributed by atoms with Crippen LogP contribution in [0.15, 0.2) is 59.6 Å². The van der Waals surface area contributed by atoms with Gasteiger partial charge in [0.25, 0.3) is 0 Å².